The van der Waals surface area contributed by atoms with Gasteiger partial charge in [-0.15, -0.1) is 22.7 Å². The molecule has 12 rings (SSSR count). The third-order valence-electron chi connectivity index (χ3n) is 10.7. The minimum absolute atomic E-state index is 0.854. The van der Waals surface area contributed by atoms with Crippen LogP contribution in [0.2, 0.25) is 0 Å². The summed E-state index contributed by atoms with van der Waals surface area (Å²) >= 11 is 3.55. The Morgan fingerprint density at radius 1 is 0.382 bits per heavy atom. The Bertz CT molecular complexity index is 3330. The van der Waals surface area contributed by atoms with Gasteiger partial charge in [0.05, 0.1) is 15.6 Å². The summed E-state index contributed by atoms with van der Waals surface area (Å²) in [7, 11) is 0. The van der Waals surface area contributed by atoms with Crippen molar-refractivity contribution in [3.05, 3.63) is 170 Å². The zero-order valence-corrected chi connectivity index (χ0v) is 30.8. The second-order valence-corrected chi connectivity index (χ2v) is 16.0. The Morgan fingerprint density at radius 3 is 1.93 bits per heavy atom. The van der Waals surface area contributed by atoms with Gasteiger partial charge < -0.3 is 13.7 Å². The molecule has 0 N–H and O–H groups in total. The number of anilines is 3. The molecule has 258 valence electrons. The third kappa shape index (κ3) is 4.85. The SMILES string of the molecule is c1ccc(-c2nc3c(ccc4oc5ccc(-c6ccc(N(c7ccc8c(c7)oc7ccccc78)c7ccc8c(c7)sc7ccccc78)cc6)cc5c43)s2)cc1. The molecule has 0 saturated carbocycles. The normalized spacial score (nSPS) is 12.0. The molecule has 4 aromatic heterocycles. The van der Waals surface area contributed by atoms with Crippen LogP contribution >= 0.6 is 22.7 Å². The van der Waals surface area contributed by atoms with Crippen molar-refractivity contribution in [2.45, 2.75) is 0 Å². The van der Waals surface area contributed by atoms with E-state index in [2.05, 4.69) is 157 Å². The second-order valence-electron chi connectivity index (χ2n) is 13.9. The van der Waals surface area contributed by atoms with Crippen molar-refractivity contribution in [3.63, 3.8) is 0 Å². The molecule has 0 amide bonds. The predicted octanol–water partition coefficient (Wildman–Crippen LogP) is 15.3. The van der Waals surface area contributed by atoms with Gasteiger partial charge in [-0.25, -0.2) is 4.98 Å². The number of para-hydroxylation sites is 1. The first-order valence-corrected chi connectivity index (χ1v) is 19.9. The fourth-order valence-corrected chi connectivity index (χ4v) is 10.2. The maximum absolute atomic E-state index is 6.38. The summed E-state index contributed by atoms with van der Waals surface area (Å²) < 4.78 is 16.4. The van der Waals surface area contributed by atoms with Crippen molar-refractivity contribution in [2.24, 2.45) is 0 Å². The van der Waals surface area contributed by atoms with Crippen LogP contribution in [-0.2, 0) is 0 Å². The summed E-state index contributed by atoms with van der Waals surface area (Å²) in [6, 6.07) is 60.2. The van der Waals surface area contributed by atoms with Crippen LogP contribution in [0.4, 0.5) is 17.1 Å². The van der Waals surface area contributed by atoms with Crippen molar-refractivity contribution < 1.29 is 8.83 Å². The molecule has 0 aliphatic rings. The van der Waals surface area contributed by atoms with Crippen molar-refractivity contribution in [2.75, 3.05) is 4.90 Å². The van der Waals surface area contributed by atoms with Crippen LogP contribution < -0.4 is 4.90 Å². The van der Waals surface area contributed by atoms with Gasteiger partial charge in [0.2, 0.25) is 0 Å². The summed E-state index contributed by atoms with van der Waals surface area (Å²) in [5.74, 6) is 0. The maximum atomic E-state index is 6.38. The number of aromatic nitrogens is 1. The van der Waals surface area contributed by atoms with Crippen molar-refractivity contribution in [1.82, 2.24) is 4.98 Å². The minimum Gasteiger partial charge on any atom is -0.456 e. The van der Waals surface area contributed by atoms with Crippen molar-refractivity contribution in [1.29, 1.82) is 0 Å². The number of benzene rings is 8. The van der Waals surface area contributed by atoms with Gasteiger partial charge in [-0.3, -0.25) is 0 Å². The molecule has 0 unspecified atom stereocenters. The molecule has 12 aromatic rings. The molecular weight excluding hydrogens is 713 g/mol. The van der Waals surface area contributed by atoms with E-state index in [-0.39, 0.29) is 0 Å². The molecule has 0 fully saturated rings. The van der Waals surface area contributed by atoms with Crippen LogP contribution in [-0.4, -0.2) is 4.98 Å². The molecule has 0 atom stereocenters. The highest BCUT2D eigenvalue weighted by molar-refractivity contribution is 7.25. The van der Waals surface area contributed by atoms with Gasteiger partial charge in [0.1, 0.15) is 27.3 Å². The first-order valence-electron chi connectivity index (χ1n) is 18.3. The van der Waals surface area contributed by atoms with Gasteiger partial charge in [-0.2, -0.15) is 0 Å². The molecule has 0 radical (unpaired) electrons. The van der Waals surface area contributed by atoms with E-state index >= 15 is 0 Å². The van der Waals surface area contributed by atoms with Crippen LogP contribution in [0.1, 0.15) is 0 Å². The first kappa shape index (κ1) is 30.7. The number of hydrogen-bond acceptors (Lipinski definition) is 6. The number of fused-ring (bicyclic) bond motifs is 11. The zero-order chi connectivity index (χ0) is 36.0. The van der Waals surface area contributed by atoms with E-state index in [1.165, 1.54) is 20.2 Å². The Balaban J connectivity index is 0.979. The smallest absolute Gasteiger partial charge is 0.137 e. The summed E-state index contributed by atoms with van der Waals surface area (Å²) in [4.78, 5) is 7.46. The van der Waals surface area contributed by atoms with Crippen LogP contribution in [0.25, 0.3) is 96.0 Å². The largest absolute Gasteiger partial charge is 0.456 e. The molecule has 8 aromatic carbocycles. The number of furan rings is 2. The lowest BCUT2D eigenvalue weighted by Crippen LogP contribution is -2.09. The molecule has 0 spiro atoms. The van der Waals surface area contributed by atoms with Crippen molar-refractivity contribution in [3.8, 4) is 21.7 Å². The van der Waals surface area contributed by atoms with E-state index in [0.29, 0.717) is 0 Å². The summed E-state index contributed by atoms with van der Waals surface area (Å²) in [5, 5.41) is 7.96. The number of hydrogen-bond donors (Lipinski definition) is 0. The molecular formula is C49H28N2O2S2. The maximum Gasteiger partial charge on any atom is 0.137 e. The highest BCUT2D eigenvalue weighted by Gasteiger charge is 2.19. The molecule has 0 aliphatic carbocycles. The lowest BCUT2D eigenvalue weighted by molar-refractivity contribution is 0.668. The third-order valence-corrected chi connectivity index (χ3v) is 12.9. The van der Waals surface area contributed by atoms with Crippen LogP contribution in [0.3, 0.4) is 0 Å². The Labute approximate surface area is 322 Å². The van der Waals surface area contributed by atoms with Gasteiger partial charge >= 0.3 is 0 Å². The average molecular weight is 741 g/mol. The fraction of sp³-hybridized carbons (Fsp3) is 0. The lowest BCUT2D eigenvalue weighted by atomic mass is 10.0. The number of thiophene rings is 1. The summed E-state index contributed by atoms with van der Waals surface area (Å²) in [6.45, 7) is 0. The number of nitrogens with zero attached hydrogens (tertiary/aromatic N) is 2. The van der Waals surface area contributed by atoms with Crippen molar-refractivity contribution >= 4 is 114 Å². The fourth-order valence-electron chi connectivity index (χ4n) is 8.09. The predicted molar refractivity (Wildman–Crippen MR) is 233 cm³/mol. The van der Waals surface area contributed by atoms with E-state index in [0.717, 1.165) is 92.9 Å². The highest BCUT2D eigenvalue weighted by Crippen LogP contribution is 2.44. The molecule has 0 bridgehead atoms. The molecule has 55 heavy (non-hydrogen) atoms. The first-order chi connectivity index (χ1) is 27.2. The number of rotatable bonds is 5. The van der Waals surface area contributed by atoms with E-state index in [1.54, 1.807) is 11.3 Å². The van der Waals surface area contributed by atoms with E-state index in [1.807, 2.05) is 29.5 Å². The van der Waals surface area contributed by atoms with Gasteiger partial charge in [0.25, 0.3) is 0 Å². The van der Waals surface area contributed by atoms with Crippen LogP contribution in [0, 0.1) is 0 Å². The monoisotopic (exact) mass is 740 g/mol. The van der Waals surface area contributed by atoms with Crippen LogP contribution in [0.5, 0.6) is 0 Å². The molecule has 0 saturated heterocycles. The topological polar surface area (TPSA) is 42.4 Å². The molecule has 4 nitrogen and oxygen atoms in total. The van der Waals surface area contributed by atoms with Gasteiger partial charge in [-0.05, 0) is 83.9 Å². The van der Waals surface area contributed by atoms with Gasteiger partial charge in [0, 0.05) is 65.0 Å². The molecule has 6 heteroatoms. The summed E-state index contributed by atoms with van der Waals surface area (Å²) in [5.41, 5.74) is 11.0. The highest BCUT2D eigenvalue weighted by atomic mass is 32.1. The van der Waals surface area contributed by atoms with Gasteiger partial charge in [-0.1, -0.05) is 91.0 Å². The van der Waals surface area contributed by atoms with E-state index in [4.69, 9.17) is 13.8 Å². The quantitative estimate of drug-likeness (QED) is 0.176. The minimum atomic E-state index is 0.854. The van der Waals surface area contributed by atoms with E-state index < -0.39 is 0 Å². The average Bonchev–Trinajstić information content (AvgIpc) is 4.02. The lowest BCUT2D eigenvalue weighted by Gasteiger charge is -2.26. The molecule has 0 aliphatic heterocycles. The Hall–Kier alpha value is -6.73. The van der Waals surface area contributed by atoms with Crippen LogP contribution in [0.15, 0.2) is 179 Å². The van der Waals surface area contributed by atoms with Gasteiger partial charge in [0.15, 0.2) is 0 Å². The summed E-state index contributed by atoms with van der Waals surface area (Å²) in [6.07, 6.45) is 0. The molecule has 4 heterocycles. The standard InChI is InChI=1S/C49H28N2O2S2/c1-2-8-30(9-3-1)49-50-48-45(55-49)25-24-42-47(48)39-26-31(16-23-41(39)52-42)29-14-17-32(18-15-29)51(33-19-21-36-35-10-4-6-12-40(35)53-43(36)27-33)34-20-22-38-37-11-5-7-13-44(37)54-46(38)28-34/h1-28H. The Morgan fingerprint density at radius 2 is 1.04 bits per heavy atom. The second kappa shape index (κ2) is 11.9. The Kier molecular flexibility index (Phi) is 6.64. The number of thiazole rings is 1. The van der Waals surface area contributed by atoms with E-state index in [9.17, 15) is 0 Å². The zero-order valence-electron chi connectivity index (χ0n) is 29.2.